The Bertz CT molecular complexity index is 808. The van der Waals surface area contributed by atoms with Crippen LogP contribution in [-0.2, 0) is 14.9 Å². The number of aliphatic hydroxyl groups is 2. The van der Waals surface area contributed by atoms with Crippen LogP contribution in [0, 0.1) is 5.92 Å². The number of carbonyl (C=O) groups is 1. The molecule has 0 radical (unpaired) electrons. The molecule has 132 valence electrons. The summed E-state index contributed by atoms with van der Waals surface area (Å²) >= 11 is 0. The number of Topliss-reactive ketones (excluding diaryl/α,β-unsaturated/α-hetero) is 1. The van der Waals surface area contributed by atoms with Crippen LogP contribution in [0.2, 0.25) is 0 Å². The van der Waals surface area contributed by atoms with Gasteiger partial charge in [-0.05, 0) is 30.3 Å². The fourth-order valence-corrected chi connectivity index (χ4v) is 2.99. The first kappa shape index (κ1) is 21.8. The standard InChI is InChI=1S/C15H16O8S.Na.H/c1-22-10-5-3-9(4-6-10)14(16)11-7-13(24(19,20)21)12(23-2)8-15(11,17)18;;/h3-8,11,17-18H,1-2H3,(H,19,20,21);;. The molecule has 0 aromatic heterocycles. The number of methoxy groups -OCH3 is 2. The van der Waals surface area contributed by atoms with E-state index in [1.807, 2.05) is 0 Å². The third-order valence-corrected chi connectivity index (χ3v) is 4.41. The molecule has 1 aromatic rings. The van der Waals surface area contributed by atoms with Gasteiger partial charge < -0.3 is 19.7 Å². The third kappa shape index (κ3) is 4.70. The molecule has 1 unspecified atom stereocenters. The molecule has 0 heterocycles. The summed E-state index contributed by atoms with van der Waals surface area (Å²) in [4.78, 5) is 11.8. The first-order chi connectivity index (χ1) is 11.1. The van der Waals surface area contributed by atoms with E-state index in [0.717, 1.165) is 13.2 Å². The number of carbonyl (C=O) groups excluding carboxylic acids is 1. The maximum atomic E-state index is 12.5. The van der Waals surface area contributed by atoms with Crippen LogP contribution in [0.1, 0.15) is 10.4 Å². The summed E-state index contributed by atoms with van der Waals surface area (Å²) < 4.78 is 41.8. The zero-order valence-corrected chi connectivity index (χ0v) is 13.6. The molecule has 2 rings (SSSR count). The topological polar surface area (TPSA) is 130 Å². The Morgan fingerprint density at radius 2 is 1.68 bits per heavy atom. The average Bonchev–Trinajstić information content (AvgIpc) is 2.52. The normalized spacial score (nSPS) is 19.2. The molecule has 0 fully saturated rings. The van der Waals surface area contributed by atoms with E-state index < -0.39 is 38.3 Å². The molecule has 3 N–H and O–H groups in total. The van der Waals surface area contributed by atoms with Crippen molar-refractivity contribution in [2.75, 3.05) is 14.2 Å². The van der Waals surface area contributed by atoms with Crippen LogP contribution in [0.15, 0.2) is 47.1 Å². The van der Waals surface area contributed by atoms with Crippen LogP contribution in [-0.4, -0.2) is 78.5 Å². The Kier molecular flexibility index (Phi) is 6.99. The van der Waals surface area contributed by atoms with E-state index in [1.165, 1.54) is 31.4 Å². The van der Waals surface area contributed by atoms with Crippen LogP contribution in [0.3, 0.4) is 0 Å². The minimum atomic E-state index is -4.72. The van der Waals surface area contributed by atoms with Crippen LogP contribution in [0.4, 0.5) is 0 Å². The fourth-order valence-electron chi connectivity index (χ4n) is 2.29. The SMILES string of the molecule is COC1=CC(O)(O)C(C(=O)c2ccc(OC)cc2)C=C1S(=O)(=O)O.[NaH]. The van der Waals surface area contributed by atoms with Crippen molar-refractivity contribution in [1.82, 2.24) is 0 Å². The number of ketones is 1. The zero-order chi connectivity index (χ0) is 18.1. The van der Waals surface area contributed by atoms with Gasteiger partial charge in [0.05, 0.1) is 20.1 Å². The Balaban J connectivity index is 0.00000312. The van der Waals surface area contributed by atoms with Crippen LogP contribution in [0.25, 0.3) is 0 Å². The van der Waals surface area contributed by atoms with Crippen molar-refractivity contribution in [3.8, 4) is 5.75 Å². The molecular formula is C15H17NaO8S. The Hall–Kier alpha value is -1.20. The van der Waals surface area contributed by atoms with Crippen molar-refractivity contribution in [3.63, 3.8) is 0 Å². The molecule has 1 atom stereocenters. The second kappa shape index (κ2) is 8.00. The van der Waals surface area contributed by atoms with Crippen molar-refractivity contribution >= 4 is 45.5 Å². The molecule has 0 bridgehead atoms. The van der Waals surface area contributed by atoms with Gasteiger partial charge >= 0.3 is 29.6 Å². The molecular weight excluding hydrogens is 363 g/mol. The van der Waals surface area contributed by atoms with Crippen molar-refractivity contribution in [2.45, 2.75) is 5.79 Å². The van der Waals surface area contributed by atoms with Crippen molar-refractivity contribution in [3.05, 3.63) is 52.6 Å². The van der Waals surface area contributed by atoms with Crippen LogP contribution < -0.4 is 4.74 Å². The number of ether oxygens (including phenoxy) is 2. The maximum absolute atomic E-state index is 12.5. The summed E-state index contributed by atoms with van der Waals surface area (Å²) in [5.41, 5.74) is 0.105. The minimum absolute atomic E-state index is 0. The van der Waals surface area contributed by atoms with Crippen molar-refractivity contribution < 1.29 is 37.5 Å². The monoisotopic (exact) mass is 380 g/mol. The summed E-state index contributed by atoms with van der Waals surface area (Å²) in [7, 11) is -2.19. The van der Waals surface area contributed by atoms with Crippen LogP contribution in [0.5, 0.6) is 5.75 Å². The fraction of sp³-hybridized carbons (Fsp3) is 0.267. The van der Waals surface area contributed by atoms with Gasteiger partial charge in [-0.1, -0.05) is 0 Å². The summed E-state index contributed by atoms with van der Waals surface area (Å²) in [5, 5.41) is 20.2. The van der Waals surface area contributed by atoms with E-state index in [1.54, 1.807) is 0 Å². The summed E-state index contributed by atoms with van der Waals surface area (Å²) in [6, 6.07) is 5.79. The Morgan fingerprint density at radius 1 is 1.12 bits per heavy atom. The predicted molar refractivity (Wildman–Crippen MR) is 89.9 cm³/mol. The van der Waals surface area contributed by atoms with E-state index in [0.29, 0.717) is 11.8 Å². The second-order valence-corrected chi connectivity index (χ2v) is 6.46. The quantitative estimate of drug-likeness (QED) is 0.278. The van der Waals surface area contributed by atoms with Gasteiger partial charge in [0, 0.05) is 11.6 Å². The third-order valence-electron chi connectivity index (χ3n) is 3.52. The molecule has 10 heteroatoms. The van der Waals surface area contributed by atoms with Gasteiger partial charge in [0.25, 0.3) is 10.1 Å². The van der Waals surface area contributed by atoms with Crippen molar-refractivity contribution in [2.24, 2.45) is 5.92 Å². The van der Waals surface area contributed by atoms with E-state index in [-0.39, 0.29) is 35.1 Å². The van der Waals surface area contributed by atoms with Gasteiger partial charge in [-0.3, -0.25) is 9.35 Å². The summed E-state index contributed by atoms with van der Waals surface area (Å²) in [5.74, 6) is -5.07. The molecule has 8 nitrogen and oxygen atoms in total. The Morgan fingerprint density at radius 3 is 2.12 bits per heavy atom. The molecule has 0 aliphatic heterocycles. The Labute approximate surface area is 166 Å². The van der Waals surface area contributed by atoms with Gasteiger partial charge in [-0.25, -0.2) is 0 Å². The first-order valence-electron chi connectivity index (χ1n) is 6.69. The van der Waals surface area contributed by atoms with Crippen LogP contribution >= 0.6 is 0 Å². The van der Waals surface area contributed by atoms with Gasteiger partial charge in [0.15, 0.2) is 5.78 Å². The number of hydrogen-bond donors (Lipinski definition) is 3. The average molecular weight is 380 g/mol. The number of rotatable bonds is 5. The molecule has 1 aromatic carbocycles. The molecule has 1 aliphatic carbocycles. The number of benzene rings is 1. The van der Waals surface area contributed by atoms with Gasteiger partial charge in [0.1, 0.15) is 16.4 Å². The van der Waals surface area contributed by atoms with Gasteiger partial charge in [-0.2, -0.15) is 8.42 Å². The molecule has 25 heavy (non-hydrogen) atoms. The summed E-state index contributed by atoms with van der Waals surface area (Å²) in [6.45, 7) is 0. The number of hydrogen-bond acceptors (Lipinski definition) is 7. The molecule has 0 amide bonds. The first-order valence-corrected chi connectivity index (χ1v) is 8.13. The molecule has 0 saturated carbocycles. The molecule has 0 spiro atoms. The van der Waals surface area contributed by atoms with E-state index in [9.17, 15) is 28.0 Å². The van der Waals surface area contributed by atoms with E-state index in [2.05, 4.69) is 0 Å². The van der Waals surface area contributed by atoms with E-state index >= 15 is 0 Å². The van der Waals surface area contributed by atoms with Gasteiger partial charge in [-0.15, -0.1) is 0 Å². The second-order valence-electron chi connectivity index (χ2n) is 5.07. The van der Waals surface area contributed by atoms with E-state index in [4.69, 9.17) is 9.47 Å². The molecule has 0 saturated heterocycles. The predicted octanol–water partition coefficient (Wildman–Crippen LogP) is -0.158. The van der Waals surface area contributed by atoms with Gasteiger partial charge in [0.2, 0.25) is 5.79 Å². The molecule has 1 aliphatic rings. The zero-order valence-electron chi connectivity index (χ0n) is 12.8. The van der Waals surface area contributed by atoms with Crippen molar-refractivity contribution in [1.29, 1.82) is 0 Å². The summed E-state index contributed by atoms with van der Waals surface area (Å²) in [6.07, 6.45) is 1.41.